The maximum atomic E-state index is 13.1. The summed E-state index contributed by atoms with van der Waals surface area (Å²) in [7, 11) is 0. The molecular weight excluding hydrogens is 245 g/mol. The zero-order valence-corrected chi connectivity index (χ0v) is 10.7. The van der Waals surface area contributed by atoms with Crippen LogP contribution >= 0.6 is 0 Å². The molecule has 3 rings (SSSR count). The fourth-order valence-corrected chi connectivity index (χ4v) is 2.57. The van der Waals surface area contributed by atoms with Gasteiger partial charge in [0.25, 0.3) is 0 Å². The Kier molecular flexibility index (Phi) is 3.25. The van der Waals surface area contributed by atoms with Crippen LogP contribution in [0, 0.1) is 5.82 Å². The Morgan fingerprint density at radius 3 is 2.95 bits per heavy atom. The lowest BCUT2D eigenvalue weighted by molar-refractivity contribution is 0.267. The molecule has 1 aliphatic carbocycles. The van der Waals surface area contributed by atoms with E-state index in [-0.39, 0.29) is 11.9 Å². The summed E-state index contributed by atoms with van der Waals surface area (Å²) in [5, 5.41) is 17.4. The highest BCUT2D eigenvalue weighted by Crippen LogP contribution is 2.37. The maximum absolute atomic E-state index is 13.1. The topological polar surface area (TPSA) is 66.5 Å². The minimum atomic E-state index is -0.158. The van der Waals surface area contributed by atoms with Crippen molar-refractivity contribution in [2.45, 2.75) is 37.8 Å². The van der Waals surface area contributed by atoms with Crippen LogP contribution in [0.5, 0.6) is 0 Å². The number of nitrogens with zero attached hydrogens (tertiary/aromatic N) is 3. The smallest absolute Gasteiger partial charge is 0.191 e. The van der Waals surface area contributed by atoms with E-state index < -0.39 is 0 Å². The van der Waals surface area contributed by atoms with Gasteiger partial charge in [-0.1, -0.05) is 17.3 Å². The van der Waals surface area contributed by atoms with Crippen LogP contribution in [-0.4, -0.2) is 26.7 Å². The largest absolute Gasteiger partial charge is 0.305 e. The molecule has 2 N–H and O–H groups in total. The maximum Gasteiger partial charge on any atom is 0.191 e. The normalized spacial score (nSPS) is 23.9. The van der Waals surface area contributed by atoms with E-state index in [1.807, 2.05) is 13.0 Å². The Morgan fingerprint density at radius 2 is 2.26 bits per heavy atom. The molecule has 1 aromatic carbocycles. The third kappa shape index (κ3) is 2.63. The highest BCUT2D eigenvalue weighted by Gasteiger charge is 2.31. The van der Waals surface area contributed by atoms with E-state index in [9.17, 15) is 4.39 Å². The number of hydrogen-bond acceptors (Lipinski definition) is 4. The molecule has 1 heterocycles. The Bertz CT molecular complexity index is 536. The quantitative estimate of drug-likeness (QED) is 0.882. The minimum absolute atomic E-state index is 0.0807. The lowest BCUT2D eigenvalue weighted by atomic mass is 9.75. The van der Waals surface area contributed by atoms with Crippen molar-refractivity contribution in [3.8, 4) is 0 Å². The van der Waals surface area contributed by atoms with Gasteiger partial charge in [0, 0.05) is 6.04 Å². The number of benzene rings is 1. The highest BCUT2D eigenvalue weighted by atomic mass is 19.1. The molecule has 2 aromatic rings. The number of aromatic nitrogens is 4. The molecule has 1 saturated carbocycles. The highest BCUT2D eigenvalue weighted by molar-refractivity contribution is 5.23. The van der Waals surface area contributed by atoms with Gasteiger partial charge in [-0.25, -0.2) is 4.39 Å². The van der Waals surface area contributed by atoms with Crippen LogP contribution in [0.25, 0.3) is 0 Å². The average Bonchev–Trinajstić information content (AvgIpc) is 2.86. The van der Waals surface area contributed by atoms with Gasteiger partial charge in [-0.05, 0) is 43.4 Å². The summed E-state index contributed by atoms with van der Waals surface area (Å²) in [5.74, 6) is 0.967. The molecule has 0 saturated heterocycles. The molecule has 1 aromatic heterocycles. The standard InChI is InChI=1S/C13H16FN5/c1-8(13-16-18-19-17-13)15-12-6-10(7-12)9-3-2-4-11(14)5-9/h2-5,8,10,12,15H,6-7H2,1H3,(H,16,17,18,19). The molecule has 0 radical (unpaired) electrons. The predicted octanol–water partition coefficient (Wildman–Crippen LogP) is 1.94. The Hall–Kier alpha value is -1.82. The van der Waals surface area contributed by atoms with Gasteiger partial charge >= 0.3 is 0 Å². The first-order valence-corrected chi connectivity index (χ1v) is 6.47. The molecule has 0 bridgehead atoms. The molecule has 1 unspecified atom stereocenters. The van der Waals surface area contributed by atoms with Crippen molar-refractivity contribution in [2.24, 2.45) is 0 Å². The molecule has 1 atom stereocenters. The minimum Gasteiger partial charge on any atom is -0.305 e. The fourth-order valence-electron chi connectivity index (χ4n) is 2.57. The number of halogens is 1. The first-order valence-electron chi connectivity index (χ1n) is 6.47. The first-order chi connectivity index (χ1) is 9.22. The number of aromatic amines is 1. The Balaban J connectivity index is 1.53. The van der Waals surface area contributed by atoms with Gasteiger partial charge in [0.2, 0.25) is 0 Å². The van der Waals surface area contributed by atoms with E-state index in [0.29, 0.717) is 17.8 Å². The van der Waals surface area contributed by atoms with E-state index in [0.717, 1.165) is 18.4 Å². The summed E-state index contributed by atoms with van der Waals surface area (Å²) in [4.78, 5) is 0. The second-order valence-corrected chi connectivity index (χ2v) is 5.08. The summed E-state index contributed by atoms with van der Waals surface area (Å²) in [6.07, 6.45) is 2.04. The first kappa shape index (κ1) is 12.2. The van der Waals surface area contributed by atoms with Crippen LogP contribution in [0.4, 0.5) is 4.39 Å². The van der Waals surface area contributed by atoms with E-state index in [2.05, 4.69) is 25.9 Å². The Labute approximate surface area is 110 Å². The van der Waals surface area contributed by atoms with Gasteiger partial charge in [-0.2, -0.15) is 5.21 Å². The molecule has 1 aliphatic rings. The Morgan fingerprint density at radius 1 is 1.42 bits per heavy atom. The zero-order valence-electron chi connectivity index (χ0n) is 10.7. The van der Waals surface area contributed by atoms with Crippen LogP contribution in [0.1, 0.15) is 43.1 Å². The number of H-pyrrole nitrogens is 1. The van der Waals surface area contributed by atoms with Crippen LogP contribution in [-0.2, 0) is 0 Å². The SMILES string of the molecule is CC(NC1CC(c2cccc(F)c2)C1)c1nn[nH]n1. The lowest BCUT2D eigenvalue weighted by Gasteiger charge is -2.37. The van der Waals surface area contributed by atoms with E-state index in [1.54, 1.807) is 12.1 Å². The van der Waals surface area contributed by atoms with Crippen LogP contribution in [0.15, 0.2) is 24.3 Å². The molecule has 5 nitrogen and oxygen atoms in total. The van der Waals surface area contributed by atoms with Gasteiger partial charge in [-0.15, -0.1) is 10.2 Å². The predicted molar refractivity (Wildman–Crippen MR) is 67.9 cm³/mol. The van der Waals surface area contributed by atoms with Crippen LogP contribution < -0.4 is 5.32 Å². The molecular formula is C13H16FN5. The average molecular weight is 261 g/mol. The molecule has 0 spiro atoms. The fraction of sp³-hybridized carbons (Fsp3) is 0.462. The van der Waals surface area contributed by atoms with E-state index >= 15 is 0 Å². The second kappa shape index (κ2) is 5.05. The molecule has 0 aliphatic heterocycles. The van der Waals surface area contributed by atoms with Crippen molar-refractivity contribution in [3.63, 3.8) is 0 Å². The van der Waals surface area contributed by atoms with Crippen molar-refractivity contribution in [1.82, 2.24) is 25.9 Å². The van der Waals surface area contributed by atoms with Crippen molar-refractivity contribution in [2.75, 3.05) is 0 Å². The van der Waals surface area contributed by atoms with Crippen LogP contribution in [0.2, 0.25) is 0 Å². The molecule has 1 fully saturated rings. The monoisotopic (exact) mass is 261 g/mol. The summed E-state index contributed by atoms with van der Waals surface area (Å²) < 4.78 is 13.1. The van der Waals surface area contributed by atoms with Crippen LogP contribution in [0.3, 0.4) is 0 Å². The van der Waals surface area contributed by atoms with Gasteiger partial charge in [0.1, 0.15) is 5.82 Å². The van der Waals surface area contributed by atoms with Crippen molar-refractivity contribution in [1.29, 1.82) is 0 Å². The van der Waals surface area contributed by atoms with Crippen molar-refractivity contribution >= 4 is 0 Å². The zero-order chi connectivity index (χ0) is 13.2. The molecule has 0 amide bonds. The summed E-state index contributed by atoms with van der Waals surface area (Å²) in [6.45, 7) is 2.01. The molecule has 100 valence electrons. The number of hydrogen-bond donors (Lipinski definition) is 2. The summed E-state index contributed by atoms with van der Waals surface area (Å²) in [6, 6.07) is 7.39. The van der Waals surface area contributed by atoms with Gasteiger partial charge in [-0.3, -0.25) is 0 Å². The van der Waals surface area contributed by atoms with Gasteiger partial charge in [0.15, 0.2) is 5.82 Å². The molecule has 19 heavy (non-hydrogen) atoms. The number of tetrazole rings is 1. The third-order valence-electron chi connectivity index (χ3n) is 3.69. The second-order valence-electron chi connectivity index (χ2n) is 5.08. The summed E-state index contributed by atoms with van der Waals surface area (Å²) in [5.41, 5.74) is 1.09. The molecule has 6 heteroatoms. The van der Waals surface area contributed by atoms with Crippen molar-refractivity contribution in [3.05, 3.63) is 41.5 Å². The lowest BCUT2D eigenvalue weighted by Crippen LogP contribution is -2.41. The van der Waals surface area contributed by atoms with Gasteiger partial charge < -0.3 is 5.32 Å². The number of rotatable bonds is 4. The van der Waals surface area contributed by atoms with E-state index in [1.165, 1.54) is 6.07 Å². The third-order valence-corrected chi connectivity index (χ3v) is 3.69. The van der Waals surface area contributed by atoms with Gasteiger partial charge in [0.05, 0.1) is 6.04 Å². The van der Waals surface area contributed by atoms with E-state index in [4.69, 9.17) is 0 Å². The van der Waals surface area contributed by atoms with Crippen molar-refractivity contribution < 1.29 is 4.39 Å². The number of nitrogens with one attached hydrogen (secondary N) is 2. The summed E-state index contributed by atoms with van der Waals surface area (Å²) >= 11 is 0.